The third-order valence-electron chi connectivity index (χ3n) is 4.85. The fourth-order valence-electron chi connectivity index (χ4n) is 3.29. The minimum Gasteiger partial charge on any atom is -0.459 e. The van der Waals surface area contributed by atoms with Crippen LogP contribution in [-0.2, 0) is 26.2 Å². The van der Waals surface area contributed by atoms with Crippen LogP contribution in [0.25, 0.3) is 10.6 Å². The highest BCUT2D eigenvalue weighted by Crippen LogP contribution is 2.27. The molecule has 3 aromatic rings. The Labute approximate surface area is 177 Å². The van der Waals surface area contributed by atoms with Gasteiger partial charge in [-0.05, 0) is 48.6 Å². The molecule has 0 spiro atoms. The van der Waals surface area contributed by atoms with Crippen molar-refractivity contribution in [2.45, 2.75) is 24.3 Å². The van der Waals surface area contributed by atoms with Crippen LogP contribution in [0.5, 0.6) is 0 Å². The maximum absolute atomic E-state index is 13.1. The van der Waals surface area contributed by atoms with Crippen molar-refractivity contribution in [1.82, 2.24) is 9.46 Å². The summed E-state index contributed by atoms with van der Waals surface area (Å²) in [4.78, 5) is 13.4. The van der Waals surface area contributed by atoms with E-state index < -0.39 is 27.7 Å². The zero-order valence-electron chi connectivity index (χ0n) is 15.9. The molecule has 7 nitrogen and oxygen atoms in total. The fourth-order valence-corrected chi connectivity index (χ4v) is 5.48. The maximum atomic E-state index is 13.1. The molecule has 0 N–H and O–H groups in total. The number of carbonyl (C=O) groups excluding carboxylic acids is 1. The number of nitrogens with zero attached hydrogens (tertiary/aromatic N) is 2. The number of benzene rings is 1. The molecule has 1 saturated heterocycles. The molecular weight excluding hydrogens is 431 g/mol. The topological polar surface area (TPSA) is 89.7 Å². The lowest BCUT2D eigenvalue weighted by Crippen LogP contribution is -2.42. The summed E-state index contributed by atoms with van der Waals surface area (Å²) >= 11 is 1.51. The third kappa shape index (κ3) is 4.45. The van der Waals surface area contributed by atoms with E-state index in [-0.39, 0.29) is 18.0 Å². The Morgan fingerprint density at radius 1 is 1.30 bits per heavy atom. The van der Waals surface area contributed by atoms with Crippen molar-refractivity contribution in [1.29, 1.82) is 0 Å². The predicted octanol–water partition coefficient (Wildman–Crippen LogP) is 3.69. The van der Waals surface area contributed by atoms with Crippen LogP contribution in [0.1, 0.15) is 18.5 Å². The van der Waals surface area contributed by atoms with Gasteiger partial charge >= 0.3 is 5.97 Å². The van der Waals surface area contributed by atoms with Crippen molar-refractivity contribution < 1.29 is 26.9 Å². The average molecular weight is 451 g/mol. The number of rotatable bonds is 6. The van der Waals surface area contributed by atoms with Crippen LogP contribution in [0.15, 0.2) is 57.3 Å². The Morgan fingerprint density at radius 2 is 2.10 bits per heavy atom. The van der Waals surface area contributed by atoms with E-state index in [1.54, 1.807) is 6.07 Å². The van der Waals surface area contributed by atoms with Gasteiger partial charge in [-0.1, -0.05) is 11.2 Å². The highest BCUT2D eigenvalue weighted by atomic mass is 32.2. The SMILES string of the molecule is O=C(OCc1cc(-c2cccs2)on1)C1CCCN(S(=O)(=O)c2ccc(F)cc2)C1. The normalized spacial score (nSPS) is 17.7. The standard InChI is InChI=1S/C20H19FN2O5S2/c21-15-5-7-17(8-6-15)30(25,26)23-9-1-3-14(12-23)20(24)27-13-16-11-18(28-22-16)19-4-2-10-29-19/h2,4-8,10-11,14H,1,3,9,12-13H2. The summed E-state index contributed by atoms with van der Waals surface area (Å²) in [7, 11) is -3.80. The Hall–Kier alpha value is -2.56. The summed E-state index contributed by atoms with van der Waals surface area (Å²) in [5, 5.41) is 5.83. The Morgan fingerprint density at radius 3 is 2.83 bits per heavy atom. The minimum atomic E-state index is -3.80. The van der Waals surface area contributed by atoms with Crippen LogP contribution in [0, 0.1) is 11.7 Å². The molecule has 0 bridgehead atoms. The van der Waals surface area contributed by atoms with Gasteiger partial charge in [-0.3, -0.25) is 4.79 Å². The smallest absolute Gasteiger partial charge is 0.310 e. The van der Waals surface area contributed by atoms with Crippen LogP contribution in [-0.4, -0.2) is 36.9 Å². The van der Waals surface area contributed by atoms with Crippen LogP contribution in [0.2, 0.25) is 0 Å². The van der Waals surface area contributed by atoms with E-state index in [1.807, 2.05) is 17.5 Å². The van der Waals surface area contributed by atoms with Gasteiger partial charge in [0.2, 0.25) is 10.0 Å². The fraction of sp³-hybridized carbons (Fsp3) is 0.300. The first-order chi connectivity index (χ1) is 14.4. The van der Waals surface area contributed by atoms with E-state index in [0.717, 1.165) is 17.0 Å². The lowest BCUT2D eigenvalue weighted by Gasteiger charge is -2.30. The molecule has 1 aliphatic rings. The molecule has 0 saturated carbocycles. The number of esters is 1. The summed E-state index contributed by atoms with van der Waals surface area (Å²) in [6.07, 6.45) is 1.07. The molecule has 10 heteroatoms. The van der Waals surface area contributed by atoms with E-state index in [2.05, 4.69) is 5.16 Å². The molecular formula is C20H19FN2O5S2. The molecule has 1 atom stereocenters. The molecule has 0 radical (unpaired) electrons. The first-order valence-electron chi connectivity index (χ1n) is 9.35. The number of ether oxygens (including phenoxy) is 1. The van der Waals surface area contributed by atoms with Gasteiger partial charge in [0.25, 0.3) is 0 Å². The lowest BCUT2D eigenvalue weighted by atomic mass is 10.00. The van der Waals surface area contributed by atoms with Gasteiger partial charge in [0.15, 0.2) is 5.76 Å². The van der Waals surface area contributed by atoms with E-state index in [0.29, 0.717) is 30.8 Å². The minimum absolute atomic E-state index is 0.00150. The van der Waals surface area contributed by atoms with Crippen LogP contribution in [0.4, 0.5) is 4.39 Å². The molecule has 0 aliphatic carbocycles. The van der Waals surface area contributed by atoms with Crippen molar-refractivity contribution in [2.24, 2.45) is 5.92 Å². The molecule has 30 heavy (non-hydrogen) atoms. The summed E-state index contributed by atoms with van der Waals surface area (Å²) < 4.78 is 50.6. The van der Waals surface area contributed by atoms with Crippen molar-refractivity contribution in [3.8, 4) is 10.6 Å². The monoisotopic (exact) mass is 450 g/mol. The first-order valence-corrected chi connectivity index (χ1v) is 11.7. The Kier molecular flexibility index (Phi) is 5.98. The second-order valence-corrected chi connectivity index (χ2v) is 9.81. The molecule has 1 fully saturated rings. The van der Waals surface area contributed by atoms with Gasteiger partial charge in [0.1, 0.15) is 18.1 Å². The number of piperidine rings is 1. The second-order valence-electron chi connectivity index (χ2n) is 6.92. The molecule has 0 amide bonds. The largest absolute Gasteiger partial charge is 0.459 e. The molecule has 4 rings (SSSR count). The van der Waals surface area contributed by atoms with E-state index in [4.69, 9.17) is 9.26 Å². The number of thiophene rings is 1. The Balaban J connectivity index is 1.37. The molecule has 158 valence electrons. The third-order valence-corrected chi connectivity index (χ3v) is 7.62. The highest BCUT2D eigenvalue weighted by Gasteiger charge is 2.34. The van der Waals surface area contributed by atoms with Gasteiger partial charge < -0.3 is 9.26 Å². The van der Waals surface area contributed by atoms with E-state index in [1.165, 1.54) is 27.8 Å². The molecule has 1 aromatic carbocycles. The zero-order valence-corrected chi connectivity index (χ0v) is 17.5. The number of hydrogen-bond donors (Lipinski definition) is 0. The summed E-state index contributed by atoms with van der Waals surface area (Å²) in [6, 6.07) is 10.2. The molecule has 2 aromatic heterocycles. The molecule has 1 aliphatic heterocycles. The van der Waals surface area contributed by atoms with Crippen LogP contribution in [0.3, 0.4) is 0 Å². The van der Waals surface area contributed by atoms with Gasteiger partial charge in [0, 0.05) is 19.2 Å². The predicted molar refractivity (Wildman–Crippen MR) is 107 cm³/mol. The van der Waals surface area contributed by atoms with Crippen LogP contribution >= 0.6 is 11.3 Å². The second kappa shape index (κ2) is 8.66. The quantitative estimate of drug-likeness (QED) is 0.532. The molecule has 3 heterocycles. The van der Waals surface area contributed by atoms with Gasteiger partial charge in [-0.25, -0.2) is 12.8 Å². The Bertz CT molecular complexity index is 1110. The van der Waals surface area contributed by atoms with Crippen LogP contribution < -0.4 is 0 Å². The van der Waals surface area contributed by atoms with Crippen molar-refractivity contribution >= 4 is 27.3 Å². The summed E-state index contributed by atoms with van der Waals surface area (Å²) in [6.45, 7) is 0.281. The first kappa shape index (κ1) is 20.7. The van der Waals surface area contributed by atoms with Crippen molar-refractivity contribution in [3.05, 3.63) is 59.4 Å². The van der Waals surface area contributed by atoms with Gasteiger partial charge in [-0.2, -0.15) is 4.31 Å². The summed E-state index contributed by atoms with van der Waals surface area (Å²) in [5.74, 6) is -0.957. The highest BCUT2D eigenvalue weighted by molar-refractivity contribution is 7.89. The van der Waals surface area contributed by atoms with Gasteiger partial charge in [0.05, 0.1) is 15.7 Å². The maximum Gasteiger partial charge on any atom is 0.310 e. The number of sulfonamides is 1. The van der Waals surface area contributed by atoms with E-state index >= 15 is 0 Å². The molecule has 1 unspecified atom stereocenters. The van der Waals surface area contributed by atoms with Crippen molar-refractivity contribution in [2.75, 3.05) is 13.1 Å². The number of halogens is 1. The lowest BCUT2D eigenvalue weighted by molar-refractivity contribution is -0.151. The van der Waals surface area contributed by atoms with E-state index in [9.17, 15) is 17.6 Å². The van der Waals surface area contributed by atoms with Crippen molar-refractivity contribution in [3.63, 3.8) is 0 Å². The number of aromatic nitrogens is 1. The summed E-state index contributed by atoms with van der Waals surface area (Å²) in [5.41, 5.74) is 0.485. The van der Waals surface area contributed by atoms with Gasteiger partial charge in [-0.15, -0.1) is 11.3 Å². The average Bonchev–Trinajstić information content (AvgIpc) is 3.44. The number of hydrogen-bond acceptors (Lipinski definition) is 7. The zero-order chi connectivity index (χ0) is 21.1. The number of carbonyl (C=O) groups is 1.